The Morgan fingerprint density at radius 1 is 0.461 bits per heavy atom. The molecule has 0 saturated heterocycles. The Morgan fingerprint density at radius 3 is 1.19 bits per heavy atom. The normalized spacial score (nSPS) is 13.0. The van der Waals surface area contributed by atoms with E-state index in [-0.39, 0.29) is 40.7 Å². The topological polar surface area (TPSA) is 611 Å². The molecule has 0 aliphatic carbocycles. The number of benzene rings is 6. The number of urea groups is 2. The maximum atomic E-state index is 14.9. The molecule has 6 aromatic carbocycles. The summed E-state index contributed by atoms with van der Waals surface area (Å²) in [4.78, 5) is 40.0. The highest BCUT2D eigenvalue weighted by Crippen LogP contribution is 2.40. The molecule has 0 radical (unpaired) electrons. The van der Waals surface area contributed by atoms with Crippen LogP contribution in [0.3, 0.4) is 0 Å². The third-order valence-corrected chi connectivity index (χ3v) is 16.6. The van der Waals surface area contributed by atoms with Gasteiger partial charge in [0.2, 0.25) is 23.8 Å². The number of halogens is 2. The molecule has 89 heavy (non-hydrogen) atoms. The maximum Gasteiger partial charge on any atom is 0.316 e. The average Bonchev–Trinajstić information content (AvgIpc) is 0.773. The van der Waals surface area contributed by atoms with E-state index in [1.54, 1.807) is 0 Å². The number of hydrogen-bond donors (Lipinski definition) is 14. The van der Waals surface area contributed by atoms with Crippen molar-refractivity contribution in [1.82, 2.24) is 29.9 Å². The second-order valence-corrected chi connectivity index (χ2v) is 26.2. The first kappa shape index (κ1) is 65.1. The SMILES string of the molecule is CC(CNc1nc(F)nc(Nc2ccc(/N=N/c3cc4c(S(=O)(=O)O)cc(S(=O)(=O)O)cc4cc3S(=O)(=O)O)c(NC(N)=O)c2)n1)Nc1nc(F)nc(Nc2ccc(/N=N/c3cc4c(S(=O)(=O)O)cc(S(=O)(=O)O)cc4cc3S(=O)(=O)O)c(NC(N)=O)c2)n1. The molecule has 1 unspecified atom stereocenters. The Bertz CT molecular complexity index is 5100. The molecule has 8 aromatic rings. The predicted molar refractivity (Wildman–Crippen MR) is 302 cm³/mol. The van der Waals surface area contributed by atoms with Crippen LogP contribution >= 0.6 is 0 Å². The highest BCUT2D eigenvalue weighted by atomic mass is 32.2. The van der Waals surface area contributed by atoms with Crippen molar-refractivity contribution in [1.29, 1.82) is 0 Å². The van der Waals surface area contributed by atoms with Crippen molar-refractivity contribution in [2.75, 3.05) is 38.4 Å². The molecule has 38 nitrogen and oxygen atoms in total. The fourth-order valence-corrected chi connectivity index (χ4v) is 11.7. The van der Waals surface area contributed by atoms with E-state index < -0.39 is 177 Å². The van der Waals surface area contributed by atoms with Crippen molar-refractivity contribution in [3.63, 3.8) is 0 Å². The van der Waals surface area contributed by atoms with E-state index in [2.05, 4.69) is 82.3 Å². The number of rotatable bonds is 21. The van der Waals surface area contributed by atoms with Gasteiger partial charge >= 0.3 is 24.2 Å². The minimum absolute atomic E-state index is 0.0151. The summed E-state index contributed by atoms with van der Waals surface area (Å²) in [6, 6.07) is 8.31. The standard InChI is InChI=1S/C43H36F2N18O20S6/c1-17(49-41-55-37(45)57-43(59-41)51-21-3-5-27(29(11-21)53-39(47)65)61-63-31-15-25-19(9-35(31)89(81,82)83)7-23(85(69,70)71)13-33(25)87(75,76)77)16-48-40-54-36(44)56-42(58-40)50-20-2-4-26(28(10-20)52-38(46)64)60-62-30-14-24-18(8-34(30)88(78,79)80)6-22(84(66,67)68)12-32(24)86(72,73)74/h2-15,17H,16H2,1H3,(H3,46,52,64)(H3,47,53,65)(H,66,67,68)(H,69,70,71)(H,72,73,74)(H,75,76,77)(H,78,79,80)(H,81,82,83)(H2,48,50,54,56,58)(H2,49,51,55,57,59)/b62-60+,63-61+. The van der Waals surface area contributed by atoms with Crippen LogP contribution in [0.4, 0.5) is 87.7 Å². The molecule has 0 spiro atoms. The van der Waals surface area contributed by atoms with E-state index >= 15 is 0 Å². The fraction of sp³-hybridized carbons (Fsp3) is 0.0698. The van der Waals surface area contributed by atoms with Gasteiger partial charge in [0.15, 0.2) is 0 Å². The summed E-state index contributed by atoms with van der Waals surface area (Å²) in [7, 11) is -31.4. The maximum absolute atomic E-state index is 14.9. The highest BCUT2D eigenvalue weighted by molar-refractivity contribution is 7.87. The molecule has 0 saturated carbocycles. The van der Waals surface area contributed by atoms with Crippen molar-refractivity contribution in [3.05, 3.63) is 97.1 Å². The number of carbonyl (C=O) groups excluding carboxylic acids is 2. The number of nitrogens with zero attached hydrogens (tertiary/aromatic N) is 10. The summed E-state index contributed by atoms with van der Waals surface area (Å²) < 4.78 is 235. The first-order valence-corrected chi connectivity index (χ1v) is 32.0. The Morgan fingerprint density at radius 2 is 0.820 bits per heavy atom. The van der Waals surface area contributed by atoms with Crippen LogP contribution in [0.15, 0.2) is 135 Å². The number of anilines is 8. The van der Waals surface area contributed by atoms with Gasteiger partial charge in [-0.05, 0) is 103 Å². The lowest BCUT2D eigenvalue weighted by molar-refractivity contribution is 0.258. The molecule has 0 bridgehead atoms. The van der Waals surface area contributed by atoms with Crippen LogP contribution in [0.25, 0.3) is 21.5 Å². The molecular formula is C43H36F2N18O20S6. The number of amides is 4. The van der Waals surface area contributed by atoms with Crippen LogP contribution < -0.4 is 43.4 Å². The zero-order chi connectivity index (χ0) is 65.5. The number of nitrogens with one attached hydrogen (secondary N) is 6. The lowest BCUT2D eigenvalue weighted by atomic mass is 10.1. The lowest BCUT2D eigenvalue weighted by Gasteiger charge is -2.16. The van der Waals surface area contributed by atoms with E-state index in [9.17, 15) is 96.2 Å². The smallest absolute Gasteiger partial charge is 0.316 e. The monoisotopic (exact) mass is 1350 g/mol. The van der Waals surface area contributed by atoms with Gasteiger partial charge in [0.05, 0.1) is 21.2 Å². The van der Waals surface area contributed by atoms with Gasteiger partial charge in [0.25, 0.3) is 60.7 Å². The largest absolute Gasteiger partial charge is 0.352 e. The summed E-state index contributed by atoms with van der Waals surface area (Å²) >= 11 is 0. The van der Waals surface area contributed by atoms with E-state index in [0.717, 1.165) is 24.3 Å². The molecular weight excluding hydrogens is 1320 g/mol. The van der Waals surface area contributed by atoms with Crippen LogP contribution in [-0.4, -0.2) is 132 Å². The summed E-state index contributed by atoms with van der Waals surface area (Å²) in [5.41, 5.74) is 7.87. The van der Waals surface area contributed by atoms with Gasteiger partial charge in [-0.1, -0.05) is 0 Å². The molecule has 1 atom stereocenters. The van der Waals surface area contributed by atoms with Crippen molar-refractivity contribution in [2.45, 2.75) is 42.3 Å². The van der Waals surface area contributed by atoms with Crippen molar-refractivity contribution in [2.24, 2.45) is 31.9 Å². The van der Waals surface area contributed by atoms with E-state index in [0.29, 0.717) is 48.5 Å². The molecule has 0 aliphatic rings. The van der Waals surface area contributed by atoms with E-state index in [1.807, 2.05) is 0 Å². The molecule has 468 valence electrons. The minimum atomic E-state index is -5.29. The highest BCUT2D eigenvalue weighted by Gasteiger charge is 2.27. The Kier molecular flexibility index (Phi) is 17.8. The zero-order valence-corrected chi connectivity index (χ0v) is 48.5. The molecule has 4 amide bonds. The van der Waals surface area contributed by atoms with Crippen LogP contribution in [0.5, 0.6) is 0 Å². The van der Waals surface area contributed by atoms with Crippen molar-refractivity contribution < 1.29 is 96.2 Å². The quantitative estimate of drug-likeness (QED) is 0.0319. The Hall–Kier alpha value is -9.88. The van der Waals surface area contributed by atoms with Gasteiger partial charge in [-0.15, -0.1) is 20.5 Å². The van der Waals surface area contributed by atoms with Gasteiger partial charge in [-0.3, -0.25) is 27.3 Å². The molecule has 2 aromatic heterocycles. The minimum Gasteiger partial charge on any atom is -0.352 e. The van der Waals surface area contributed by atoms with Crippen LogP contribution in [0, 0.1) is 12.2 Å². The number of azo groups is 2. The van der Waals surface area contributed by atoms with Crippen molar-refractivity contribution in [3.8, 4) is 0 Å². The Balaban J connectivity index is 0.978. The summed E-state index contributed by atoms with van der Waals surface area (Å²) in [5, 5.41) is 28.2. The molecule has 46 heteroatoms. The summed E-state index contributed by atoms with van der Waals surface area (Å²) in [5.74, 6) is -1.71. The first-order valence-electron chi connectivity index (χ1n) is 23.4. The van der Waals surface area contributed by atoms with E-state index in [4.69, 9.17) is 11.5 Å². The van der Waals surface area contributed by atoms with Crippen LogP contribution in [-0.2, 0) is 60.7 Å². The fourth-order valence-electron chi connectivity index (χ4n) is 7.74. The number of primary amides is 2. The molecule has 0 aliphatic heterocycles. The number of fused-ring (bicyclic) bond motifs is 2. The molecule has 16 N–H and O–H groups in total. The number of hydrogen-bond acceptors (Lipinski definition) is 28. The third kappa shape index (κ3) is 16.2. The van der Waals surface area contributed by atoms with Crippen LogP contribution in [0.1, 0.15) is 6.92 Å². The predicted octanol–water partition coefficient (Wildman–Crippen LogP) is 5.33. The number of aromatic nitrogens is 6. The van der Waals surface area contributed by atoms with Gasteiger partial charge in [0, 0.05) is 34.7 Å². The number of carbonyl (C=O) groups is 2. The third-order valence-electron chi connectivity index (χ3n) is 11.4. The molecule has 0 fully saturated rings. The van der Waals surface area contributed by atoms with Gasteiger partial charge in [-0.2, -0.15) is 89.2 Å². The first-order chi connectivity index (χ1) is 41.2. The van der Waals surface area contributed by atoms with E-state index in [1.165, 1.54) is 19.1 Å². The van der Waals surface area contributed by atoms with Gasteiger partial charge in [0.1, 0.15) is 42.3 Å². The average molecular weight is 1360 g/mol. The van der Waals surface area contributed by atoms with Gasteiger partial charge < -0.3 is 43.4 Å². The Labute approximate surface area is 497 Å². The zero-order valence-electron chi connectivity index (χ0n) is 43.6. The lowest BCUT2D eigenvalue weighted by Crippen LogP contribution is -2.27. The molecule has 2 heterocycles. The number of nitrogens with two attached hydrogens (primary N) is 2. The summed E-state index contributed by atoms with van der Waals surface area (Å²) in [6.07, 6.45) is -2.67. The summed E-state index contributed by atoms with van der Waals surface area (Å²) in [6.45, 7) is 1.34. The second-order valence-electron chi connectivity index (χ2n) is 17.8. The molecule has 8 rings (SSSR count). The van der Waals surface area contributed by atoms with Crippen LogP contribution in [0.2, 0.25) is 0 Å². The second kappa shape index (κ2) is 24.4. The van der Waals surface area contributed by atoms with Gasteiger partial charge in [-0.25, -0.2) is 9.59 Å². The van der Waals surface area contributed by atoms with Crippen molar-refractivity contribution >= 4 is 164 Å².